The van der Waals surface area contributed by atoms with Gasteiger partial charge in [0.2, 0.25) is 0 Å². The normalized spacial score (nSPS) is 15.7. The first kappa shape index (κ1) is 13.3. The minimum atomic E-state index is -1.09. The number of aromatic carboxylic acids is 1. The van der Waals surface area contributed by atoms with E-state index in [0.29, 0.717) is 32.0 Å². The number of nitrogens with one attached hydrogen (secondary N) is 1. The fourth-order valence-corrected chi connectivity index (χ4v) is 1.75. The highest BCUT2D eigenvalue weighted by Crippen LogP contribution is 2.08. The number of urea groups is 1. The fourth-order valence-electron chi connectivity index (χ4n) is 1.75. The van der Waals surface area contributed by atoms with E-state index in [1.54, 1.807) is 4.90 Å². The van der Waals surface area contributed by atoms with Crippen LogP contribution in [-0.2, 0) is 4.74 Å². The molecule has 1 aromatic heterocycles. The number of nitrogens with zero attached hydrogens (tertiary/aromatic N) is 2. The smallest absolute Gasteiger partial charge is 0.354 e. The molecular formula is C12H15N3O4. The van der Waals surface area contributed by atoms with E-state index in [4.69, 9.17) is 9.84 Å². The van der Waals surface area contributed by atoms with E-state index in [-0.39, 0.29) is 11.7 Å². The van der Waals surface area contributed by atoms with Gasteiger partial charge in [-0.15, -0.1) is 0 Å². The summed E-state index contributed by atoms with van der Waals surface area (Å²) in [5.74, 6) is -1.09. The third-order valence-corrected chi connectivity index (χ3v) is 2.74. The van der Waals surface area contributed by atoms with Gasteiger partial charge in [-0.05, 0) is 18.6 Å². The molecule has 7 heteroatoms. The Morgan fingerprint density at radius 3 is 2.84 bits per heavy atom. The molecule has 2 heterocycles. The quantitative estimate of drug-likeness (QED) is 0.833. The Kier molecular flexibility index (Phi) is 4.30. The van der Waals surface area contributed by atoms with Crippen LogP contribution in [0.4, 0.5) is 10.5 Å². The maximum absolute atomic E-state index is 12.0. The lowest BCUT2D eigenvalue weighted by Crippen LogP contribution is -2.36. The van der Waals surface area contributed by atoms with Crippen LogP contribution in [0.1, 0.15) is 16.9 Å². The van der Waals surface area contributed by atoms with Gasteiger partial charge in [-0.25, -0.2) is 14.6 Å². The van der Waals surface area contributed by atoms with E-state index in [9.17, 15) is 9.59 Å². The number of carboxylic acid groups (broad SMARTS) is 1. The number of carbonyl (C=O) groups excluding carboxylic acids is 1. The molecule has 7 nitrogen and oxygen atoms in total. The summed E-state index contributed by atoms with van der Waals surface area (Å²) in [4.78, 5) is 28.0. The Labute approximate surface area is 110 Å². The van der Waals surface area contributed by atoms with Crippen molar-refractivity contribution < 1.29 is 19.4 Å². The van der Waals surface area contributed by atoms with Crippen LogP contribution in [0, 0.1) is 0 Å². The molecule has 2 N–H and O–H groups in total. The van der Waals surface area contributed by atoms with Gasteiger partial charge < -0.3 is 20.1 Å². The first-order valence-electron chi connectivity index (χ1n) is 6.00. The van der Waals surface area contributed by atoms with Crippen LogP contribution in [0.3, 0.4) is 0 Å². The van der Waals surface area contributed by atoms with Gasteiger partial charge in [-0.2, -0.15) is 0 Å². The van der Waals surface area contributed by atoms with Crippen molar-refractivity contribution in [2.75, 3.05) is 31.6 Å². The molecule has 0 unspecified atom stereocenters. The van der Waals surface area contributed by atoms with Crippen LogP contribution in [0.2, 0.25) is 0 Å². The highest BCUT2D eigenvalue weighted by Gasteiger charge is 2.15. The number of hydrogen-bond donors (Lipinski definition) is 2. The zero-order chi connectivity index (χ0) is 13.7. The number of anilines is 1. The van der Waals surface area contributed by atoms with Crippen molar-refractivity contribution in [3.8, 4) is 0 Å². The summed E-state index contributed by atoms with van der Waals surface area (Å²) < 4.78 is 5.27. The minimum Gasteiger partial charge on any atom is -0.477 e. The Morgan fingerprint density at radius 2 is 2.16 bits per heavy atom. The summed E-state index contributed by atoms with van der Waals surface area (Å²) in [6.45, 7) is 2.39. The van der Waals surface area contributed by atoms with Crippen LogP contribution in [0.5, 0.6) is 0 Å². The van der Waals surface area contributed by atoms with Gasteiger partial charge >= 0.3 is 12.0 Å². The molecule has 0 aromatic carbocycles. The molecule has 19 heavy (non-hydrogen) atoms. The van der Waals surface area contributed by atoms with Gasteiger partial charge in [-0.1, -0.05) is 0 Å². The molecule has 0 bridgehead atoms. The topological polar surface area (TPSA) is 91.8 Å². The van der Waals surface area contributed by atoms with Gasteiger partial charge in [0.25, 0.3) is 0 Å². The number of hydrogen-bond acceptors (Lipinski definition) is 4. The van der Waals surface area contributed by atoms with Crippen molar-refractivity contribution >= 4 is 17.7 Å². The number of carboxylic acids is 1. The van der Waals surface area contributed by atoms with Crippen molar-refractivity contribution in [2.24, 2.45) is 0 Å². The standard InChI is InChI=1S/C12H15N3O4/c16-11(17)10-3-2-9(8-13-10)14-12(18)15-4-1-6-19-7-5-15/h2-3,8H,1,4-7H2,(H,14,18)(H,16,17). The van der Waals surface area contributed by atoms with Gasteiger partial charge in [0, 0.05) is 19.7 Å². The second-order valence-electron chi connectivity index (χ2n) is 4.12. The SMILES string of the molecule is O=C(O)c1ccc(NC(=O)N2CCCOCC2)cn1. The number of carbonyl (C=O) groups is 2. The average Bonchev–Trinajstić information content (AvgIpc) is 2.68. The van der Waals surface area contributed by atoms with Crippen molar-refractivity contribution in [3.63, 3.8) is 0 Å². The van der Waals surface area contributed by atoms with Gasteiger partial charge in [0.05, 0.1) is 18.5 Å². The first-order valence-corrected chi connectivity index (χ1v) is 6.00. The van der Waals surface area contributed by atoms with Crippen LogP contribution in [-0.4, -0.2) is 53.3 Å². The van der Waals surface area contributed by atoms with Crippen molar-refractivity contribution in [2.45, 2.75) is 6.42 Å². The molecule has 2 amide bonds. The zero-order valence-corrected chi connectivity index (χ0v) is 10.3. The Bertz CT molecular complexity index is 453. The van der Waals surface area contributed by atoms with Crippen molar-refractivity contribution in [1.29, 1.82) is 0 Å². The number of rotatable bonds is 2. The van der Waals surface area contributed by atoms with E-state index >= 15 is 0 Å². The lowest BCUT2D eigenvalue weighted by molar-refractivity contribution is 0.0690. The van der Waals surface area contributed by atoms with E-state index in [1.807, 2.05) is 0 Å². The highest BCUT2D eigenvalue weighted by atomic mass is 16.5. The summed E-state index contributed by atoms with van der Waals surface area (Å²) in [6, 6.07) is 2.64. The summed E-state index contributed by atoms with van der Waals surface area (Å²) in [6.07, 6.45) is 2.14. The molecule has 0 aliphatic carbocycles. The number of ether oxygens (including phenoxy) is 1. The van der Waals surface area contributed by atoms with Crippen LogP contribution >= 0.6 is 0 Å². The fraction of sp³-hybridized carbons (Fsp3) is 0.417. The lowest BCUT2D eigenvalue weighted by atomic mass is 10.3. The highest BCUT2D eigenvalue weighted by molar-refractivity contribution is 5.90. The summed E-state index contributed by atoms with van der Waals surface area (Å²) in [5, 5.41) is 11.4. The molecule has 1 aliphatic heterocycles. The molecule has 1 fully saturated rings. The molecule has 1 saturated heterocycles. The average molecular weight is 265 g/mol. The molecular weight excluding hydrogens is 250 g/mol. The van der Waals surface area contributed by atoms with Gasteiger partial charge in [-0.3, -0.25) is 0 Å². The molecule has 0 saturated carbocycles. The van der Waals surface area contributed by atoms with Gasteiger partial charge in [0.1, 0.15) is 5.69 Å². The van der Waals surface area contributed by atoms with E-state index in [0.717, 1.165) is 6.42 Å². The Hall–Kier alpha value is -2.15. The maximum atomic E-state index is 12.0. The van der Waals surface area contributed by atoms with Crippen LogP contribution in [0.25, 0.3) is 0 Å². The maximum Gasteiger partial charge on any atom is 0.354 e. The van der Waals surface area contributed by atoms with Crippen molar-refractivity contribution in [1.82, 2.24) is 9.88 Å². The molecule has 102 valence electrons. The third-order valence-electron chi connectivity index (χ3n) is 2.74. The molecule has 2 rings (SSSR count). The first-order chi connectivity index (χ1) is 9.16. The van der Waals surface area contributed by atoms with Crippen LogP contribution in [0.15, 0.2) is 18.3 Å². The summed E-state index contributed by atoms with van der Waals surface area (Å²) in [7, 11) is 0. The summed E-state index contributed by atoms with van der Waals surface area (Å²) in [5.41, 5.74) is 0.418. The van der Waals surface area contributed by atoms with E-state index in [2.05, 4.69) is 10.3 Å². The summed E-state index contributed by atoms with van der Waals surface area (Å²) >= 11 is 0. The molecule has 0 atom stereocenters. The number of pyridine rings is 1. The minimum absolute atomic E-state index is 0.0545. The van der Waals surface area contributed by atoms with Gasteiger partial charge in [0.15, 0.2) is 0 Å². The number of aromatic nitrogens is 1. The predicted octanol–water partition coefficient (Wildman–Crippen LogP) is 1.03. The third kappa shape index (κ3) is 3.65. The predicted molar refractivity (Wildman–Crippen MR) is 67.2 cm³/mol. The number of amides is 2. The second kappa shape index (κ2) is 6.14. The largest absolute Gasteiger partial charge is 0.477 e. The van der Waals surface area contributed by atoms with E-state index in [1.165, 1.54) is 18.3 Å². The van der Waals surface area contributed by atoms with Crippen LogP contribution < -0.4 is 5.32 Å². The molecule has 1 aromatic rings. The zero-order valence-electron chi connectivity index (χ0n) is 10.3. The molecule has 0 spiro atoms. The second-order valence-corrected chi connectivity index (χ2v) is 4.12. The Balaban J connectivity index is 1.95. The molecule has 1 aliphatic rings. The van der Waals surface area contributed by atoms with E-state index < -0.39 is 5.97 Å². The lowest BCUT2D eigenvalue weighted by Gasteiger charge is -2.19. The van der Waals surface area contributed by atoms with Crippen molar-refractivity contribution in [3.05, 3.63) is 24.0 Å². The Morgan fingerprint density at radius 1 is 1.32 bits per heavy atom. The molecule has 0 radical (unpaired) electrons. The monoisotopic (exact) mass is 265 g/mol.